The first-order valence-electron chi connectivity index (χ1n) is 21.8. The molecule has 0 aliphatic carbocycles. The molecule has 12 nitrogen and oxygen atoms in total. The quantitative estimate of drug-likeness (QED) is 0.106. The molecule has 0 spiro atoms. The van der Waals surface area contributed by atoms with Gasteiger partial charge in [0.15, 0.2) is 0 Å². The van der Waals surface area contributed by atoms with Crippen molar-refractivity contribution in [2.75, 3.05) is 39.3 Å². The fraction of sp³-hybridized carbons (Fsp3) is 0.667. The Morgan fingerprint density at radius 1 is 0.617 bits per heavy atom. The fourth-order valence-corrected chi connectivity index (χ4v) is 7.61. The topological polar surface area (TPSA) is 133 Å². The third-order valence-electron chi connectivity index (χ3n) is 10.2. The van der Waals surface area contributed by atoms with E-state index in [1.54, 1.807) is 9.80 Å². The molecule has 60 heavy (non-hydrogen) atoms. The van der Waals surface area contributed by atoms with E-state index in [1.165, 1.54) is 0 Å². The molecule has 2 aliphatic heterocycles. The minimum Gasteiger partial charge on any atom is -0.494 e. The van der Waals surface area contributed by atoms with Crippen LogP contribution in [-0.4, -0.2) is 95.7 Å². The summed E-state index contributed by atoms with van der Waals surface area (Å²) in [7, 11) is 0. The zero-order valence-corrected chi connectivity index (χ0v) is 38.5. The monoisotopic (exact) mass is 836 g/mol. The van der Waals surface area contributed by atoms with E-state index in [0.717, 1.165) is 35.4 Å². The van der Waals surface area contributed by atoms with Gasteiger partial charge in [-0.1, -0.05) is 36.4 Å². The van der Waals surface area contributed by atoms with E-state index in [-0.39, 0.29) is 36.0 Å². The first-order valence-corrected chi connectivity index (χ1v) is 21.8. The van der Waals surface area contributed by atoms with E-state index in [0.29, 0.717) is 65.0 Å². The summed E-state index contributed by atoms with van der Waals surface area (Å²) in [5.74, 6) is -0.669. The van der Waals surface area contributed by atoms with E-state index in [4.69, 9.17) is 23.7 Å². The van der Waals surface area contributed by atoms with Gasteiger partial charge in [0, 0.05) is 32.7 Å². The molecule has 4 atom stereocenters. The summed E-state index contributed by atoms with van der Waals surface area (Å²) in [6.07, 6.45) is 2.47. The van der Waals surface area contributed by atoms with Crippen molar-refractivity contribution >= 4 is 24.1 Å². The van der Waals surface area contributed by atoms with Gasteiger partial charge in [-0.15, -0.1) is 0 Å². The van der Waals surface area contributed by atoms with Gasteiger partial charge in [0.1, 0.15) is 28.2 Å². The number of benzene rings is 2. The SMILES string of the molecule is CC(C)(C)OC(=O)[C@@H](Cc1cccc(CNCCCOc2cccc(C[C@H](C(=O)OC(C)(C)C)[C@H]3CCN(C(=O)OC(C)(C)C)C3)c2)c1)[C@H]1CCN(C(=O)OC(C)(C)C)C1. The third kappa shape index (κ3) is 16.6. The molecule has 2 aromatic carbocycles. The lowest BCUT2D eigenvalue weighted by Crippen LogP contribution is -2.38. The molecule has 2 heterocycles. The van der Waals surface area contributed by atoms with Crippen LogP contribution in [0.2, 0.25) is 0 Å². The highest BCUT2D eigenvalue weighted by molar-refractivity contribution is 5.75. The van der Waals surface area contributed by atoms with Gasteiger partial charge in [0.2, 0.25) is 0 Å². The van der Waals surface area contributed by atoms with Gasteiger partial charge in [-0.2, -0.15) is 0 Å². The van der Waals surface area contributed by atoms with E-state index in [9.17, 15) is 19.2 Å². The maximum absolute atomic E-state index is 13.6. The van der Waals surface area contributed by atoms with Gasteiger partial charge in [0.05, 0.1) is 18.4 Å². The lowest BCUT2D eigenvalue weighted by molar-refractivity contribution is -0.163. The second kappa shape index (κ2) is 20.5. The molecular formula is C48H73N3O9. The largest absolute Gasteiger partial charge is 0.494 e. The Morgan fingerprint density at radius 2 is 1.05 bits per heavy atom. The Hall–Kier alpha value is -4.32. The third-order valence-corrected chi connectivity index (χ3v) is 10.2. The molecule has 2 saturated heterocycles. The number of hydrogen-bond acceptors (Lipinski definition) is 10. The van der Waals surface area contributed by atoms with E-state index >= 15 is 0 Å². The highest BCUT2D eigenvalue weighted by Crippen LogP contribution is 2.33. The summed E-state index contributed by atoms with van der Waals surface area (Å²) in [6, 6.07) is 16.1. The van der Waals surface area contributed by atoms with Crippen LogP contribution in [0, 0.1) is 23.7 Å². The van der Waals surface area contributed by atoms with E-state index < -0.39 is 34.2 Å². The maximum atomic E-state index is 13.6. The molecule has 334 valence electrons. The lowest BCUT2D eigenvalue weighted by Gasteiger charge is -2.28. The molecule has 2 fully saturated rings. The Balaban J connectivity index is 1.29. The predicted octanol–water partition coefficient (Wildman–Crippen LogP) is 8.76. The smallest absolute Gasteiger partial charge is 0.410 e. The van der Waals surface area contributed by atoms with Crippen LogP contribution in [0.5, 0.6) is 5.75 Å². The summed E-state index contributed by atoms with van der Waals surface area (Å²) < 4.78 is 29.1. The number of carbonyl (C=O) groups excluding carboxylic acids is 4. The number of carbonyl (C=O) groups is 4. The summed E-state index contributed by atoms with van der Waals surface area (Å²) in [4.78, 5) is 56.1. The van der Waals surface area contributed by atoms with Crippen molar-refractivity contribution < 1.29 is 42.9 Å². The molecule has 0 saturated carbocycles. The first kappa shape index (κ1) is 48.3. The highest BCUT2D eigenvalue weighted by Gasteiger charge is 2.40. The second-order valence-electron chi connectivity index (χ2n) is 20.5. The predicted molar refractivity (Wildman–Crippen MR) is 233 cm³/mol. The Kier molecular flexibility index (Phi) is 16.5. The van der Waals surface area contributed by atoms with Crippen molar-refractivity contribution in [2.45, 2.75) is 144 Å². The number of hydrogen-bond donors (Lipinski definition) is 1. The maximum Gasteiger partial charge on any atom is 0.410 e. The van der Waals surface area contributed by atoms with Crippen LogP contribution in [-0.2, 0) is 47.9 Å². The summed E-state index contributed by atoms with van der Waals surface area (Å²) in [6.45, 7) is 26.3. The molecular weight excluding hydrogens is 763 g/mol. The lowest BCUT2D eigenvalue weighted by atomic mass is 9.85. The molecule has 4 rings (SSSR count). The molecule has 2 aliphatic rings. The van der Waals surface area contributed by atoms with E-state index in [2.05, 4.69) is 17.4 Å². The Morgan fingerprint density at radius 3 is 1.52 bits per heavy atom. The van der Waals surface area contributed by atoms with Crippen molar-refractivity contribution in [3.05, 3.63) is 65.2 Å². The summed E-state index contributed by atoms with van der Waals surface area (Å²) in [5, 5.41) is 3.52. The minimum absolute atomic E-state index is 0.0367. The number of esters is 2. The van der Waals surface area contributed by atoms with Crippen molar-refractivity contribution in [1.29, 1.82) is 0 Å². The molecule has 12 heteroatoms. The van der Waals surface area contributed by atoms with Crippen LogP contribution >= 0.6 is 0 Å². The molecule has 2 aromatic rings. The van der Waals surface area contributed by atoms with Crippen LogP contribution in [0.1, 0.15) is 119 Å². The van der Waals surface area contributed by atoms with Crippen molar-refractivity contribution in [3.63, 3.8) is 0 Å². The molecule has 0 bridgehead atoms. The first-order chi connectivity index (χ1) is 27.8. The van der Waals surface area contributed by atoms with Crippen molar-refractivity contribution in [1.82, 2.24) is 15.1 Å². The average Bonchev–Trinajstić information content (AvgIpc) is 3.80. The Bertz CT molecular complexity index is 1620. The molecule has 2 amide bonds. The van der Waals surface area contributed by atoms with Gasteiger partial charge < -0.3 is 38.8 Å². The Labute approximate surface area is 359 Å². The molecule has 0 radical (unpaired) electrons. The van der Waals surface area contributed by atoms with Crippen LogP contribution < -0.4 is 10.1 Å². The fourth-order valence-electron chi connectivity index (χ4n) is 7.61. The standard InChI is InChI=1S/C48H73N3O9/c1-45(2,3)57-41(52)39(36-20-23-50(31-36)43(54)59-47(7,8)9)28-33-16-13-18-35(26-33)30-49-22-15-25-56-38-19-14-17-34(27-38)29-40(42(53)58-46(4,5)6)37-21-24-51(32-37)44(55)60-48(10,11)12/h13-14,16-19,26-27,36-37,39-40,49H,15,20-25,28-32H2,1-12H3/t36-,37-,39-,40-/m0/s1. The zero-order valence-electron chi connectivity index (χ0n) is 38.5. The number of ether oxygens (including phenoxy) is 5. The van der Waals surface area contributed by atoms with Crippen LogP contribution in [0.4, 0.5) is 9.59 Å². The number of rotatable bonds is 15. The summed E-state index contributed by atoms with van der Waals surface area (Å²) >= 11 is 0. The van der Waals surface area contributed by atoms with E-state index in [1.807, 2.05) is 119 Å². The van der Waals surface area contributed by atoms with Crippen LogP contribution in [0.15, 0.2) is 48.5 Å². The molecule has 1 N–H and O–H groups in total. The number of nitrogens with zero attached hydrogens (tertiary/aromatic N) is 2. The number of nitrogens with one attached hydrogen (secondary N) is 1. The second-order valence-corrected chi connectivity index (χ2v) is 20.5. The minimum atomic E-state index is -0.630. The highest BCUT2D eigenvalue weighted by atomic mass is 16.6. The number of likely N-dealkylation sites (tertiary alicyclic amines) is 2. The van der Waals surface area contributed by atoms with Gasteiger partial charge in [-0.3, -0.25) is 9.59 Å². The van der Waals surface area contributed by atoms with Crippen molar-refractivity contribution in [2.24, 2.45) is 23.7 Å². The summed E-state index contributed by atoms with van der Waals surface area (Å²) in [5.41, 5.74) is 0.703. The van der Waals surface area contributed by atoms with Gasteiger partial charge in [-0.05, 0) is 162 Å². The zero-order chi connectivity index (χ0) is 44.5. The molecule has 0 unspecified atom stereocenters. The van der Waals surface area contributed by atoms with Gasteiger partial charge in [0.25, 0.3) is 0 Å². The normalized spacial score (nSPS) is 18.5. The van der Waals surface area contributed by atoms with Crippen LogP contribution in [0.3, 0.4) is 0 Å². The van der Waals surface area contributed by atoms with Crippen LogP contribution in [0.25, 0.3) is 0 Å². The molecule has 0 aromatic heterocycles. The average molecular weight is 836 g/mol. The van der Waals surface area contributed by atoms with Gasteiger partial charge >= 0.3 is 24.1 Å². The number of amides is 2. The van der Waals surface area contributed by atoms with Gasteiger partial charge in [-0.25, -0.2) is 9.59 Å². The van der Waals surface area contributed by atoms with Crippen molar-refractivity contribution in [3.8, 4) is 5.75 Å².